The molecule has 2 N–H and O–H groups in total. The van der Waals surface area contributed by atoms with Crippen LogP contribution in [-0.2, 0) is 16.2 Å². The molecule has 0 atom stereocenters. The van der Waals surface area contributed by atoms with Crippen molar-refractivity contribution < 1.29 is 14.3 Å². The van der Waals surface area contributed by atoms with Crippen molar-refractivity contribution in [2.45, 2.75) is 43.8 Å². The van der Waals surface area contributed by atoms with E-state index in [0.717, 1.165) is 48.4 Å². The van der Waals surface area contributed by atoms with Gasteiger partial charge in [-0.3, -0.25) is 14.2 Å². The molecule has 0 radical (unpaired) electrons. The monoisotopic (exact) mass is 694 g/mol. The molecule has 2 amide bonds. The Morgan fingerprint density at radius 3 is 2.40 bits per heavy atom. The number of carbonyl (C=O) groups excluding carboxylic acids is 2. The van der Waals surface area contributed by atoms with Crippen LogP contribution < -0.4 is 15.4 Å². The first-order chi connectivity index (χ1) is 23.2. The van der Waals surface area contributed by atoms with Gasteiger partial charge in [0, 0.05) is 17.1 Å². The zero-order valence-corrected chi connectivity index (χ0v) is 29.4. The van der Waals surface area contributed by atoms with Crippen LogP contribution in [-0.4, -0.2) is 43.1 Å². The zero-order valence-electron chi connectivity index (χ0n) is 26.9. The highest BCUT2D eigenvalue weighted by Crippen LogP contribution is 2.32. The fourth-order valence-corrected chi connectivity index (χ4v) is 7.52. The highest BCUT2D eigenvalue weighted by Gasteiger charge is 2.17. The summed E-state index contributed by atoms with van der Waals surface area (Å²) in [5.41, 5.74) is 7.75. The van der Waals surface area contributed by atoms with Gasteiger partial charge in [-0.25, -0.2) is 4.98 Å². The number of anilines is 2. The summed E-state index contributed by atoms with van der Waals surface area (Å²) >= 11 is 4.19. The predicted octanol–water partition coefficient (Wildman–Crippen LogP) is 8.15. The summed E-state index contributed by atoms with van der Waals surface area (Å²) in [7, 11) is 0. The quantitative estimate of drug-likeness (QED) is 0.124. The first-order valence-electron chi connectivity index (χ1n) is 15.3. The number of nitrogens with one attached hydrogen (secondary N) is 2. The van der Waals surface area contributed by atoms with Gasteiger partial charge in [-0.15, -0.1) is 21.5 Å². The lowest BCUT2D eigenvalue weighted by molar-refractivity contribution is -0.114. The summed E-state index contributed by atoms with van der Waals surface area (Å²) in [6.07, 6.45) is 0. The normalized spacial score (nSPS) is 11.1. The number of ether oxygens (including phenoxy) is 1. The Balaban J connectivity index is 1.07. The van der Waals surface area contributed by atoms with Crippen LogP contribution in [0, 0.1) is 27.7 Å². The summed E-state index contributed by atoms with van der Waals surface area (Å²) in [6.45, 7) is 8.37. The zero-order chi connectivity index (χ0) is 33.6. The average molecular weight is 695 g/mol. The van der Waals surface area contributed by atoms with Crippen molar-refractivity contribution in [3.8, 4) is 11.4 Å². The van der Waals surface area contributed by atoms with Crippen molar-refractivity contribution in [2.75, 3.05) is 22.1 Å². The molecule has 48 heavy (non-hydrogen) atoms. The molecule has 0 aliphatic rings. The van der Waals surface area contributed by atoms with Crippen LogP contribution in [0.4, 0.5) is 11.4 Å². The number of aromatic nitrogens is 4. The van der Waals surface area contributed by atoms with E-state index in [1.807, 2.05) is 103 Å². The number of benzene rings is 4. The van der Waals surface area contributed by atoms with Gasteiger partial charge in [0.1, 0.15) is 12.4 Å². The van der Waals surface area contributed by atoms with E-state index in [0.29, 0.717) is 16.7 Å². The molecular weight excluding hydrogens is 661 g/mol. The number of amides is 2. The maximum Gasteiger partial charge on any atom is 0.234 e. The molecule has 9 nitrogen and oxygen atoms in total. The van der Waals surface area contributed by atoms with Crippen molar-refractivity contribution in [2.24, 2.45) is 0 Å². The number of carbonyl (C=O) groups is 2. The third-order valence-corrected chi connectivity index (χ3v) is 10.8. The fourth-order valence-electron chi connectivity index (χ4n) is 4.85. The Bertz CT molecular complexity index is 2090. The highest BCUT2D eigenvalue weighted by atomic mass is 32.2. The Morgan fingerprint density at radius 2 is 1.58 bits per heavy atom. The smallest absolute Gasteiger partial charge is 0.234 e. The summed E-state index contributed by atoms with van der Waals surface area (Å²) in [5, 5.41) is 15.4. The van der Waals surface area contributed by atoms with Crippen molar-refractivity contribution in [3.05, 3.63) is 113 Å². The van der Waals surface area contributed by atoms with Crippen LogP contribution in [0.25, 0.3) is 15.9 Å². The van der Waals surface area contributed by atoms with Crippen LogP contribution >= 0.6 is 34.9 Å². The lowest BCUT2D eigenvalue weighted by atomic mass is 10.1. The van der Waals surface area contributed by atoms with Gasteiger partial charge in [-0.1, -0.05) is 59.9 Å². The molecule has 2 aromatic heterocycles. The molecule has 0 aliphatic heterocycles. The minimum absolute atomic E-state index is 0.0810. The number of hydrogen-bond acceptors (Lipinski definition) is 9. The van der Waals surface area contributed by atoms with E-state index >= 15 is 0 Å². The Hall–Kier alpha value is -4.65. The molecule has 12 heteroatoms. The van der Waals surface area contributed by atoms with E-state index in [1.165, 1.54) is 40.4 Å². The van der Waals surface area contributed by atoms with Gasteiger partial charge in [0.15, 0.2) is 15.3 Å². The minimum Gasteiger partial charge on any atom is -0.486 e. The first-order valence-corrected chi connectivity index (χ1v) is 18.0. The van der Waals surface area contributed by atoms with Gasteiger partial charge in [-0.2, -0.15) is 0 Å². The molecule has 6 aromatic rings. The summed E-state index contributed by atoms with van der Waals surface area (Å²) in [6, 6.07) is 27.3. The molecule has 0 unspecified atom stereocenters. The van der Waals surface area contributed by atoms with E-state index in [4.69, 9.17) is 4.74 Å². The number of para-hydroxylation sites is 1. The summed E-state index contributed by atoms with van der Waals surface area (Å²) in [5.74, 6) is 1.53. The molecule has 0 saturated carbocycles. The SMILES string of the molecule is Cc1ccc(OCc2nnc(SCC(=O)Nc3ccc4nc(SCC(=O)Nc5cccc(C)c5C)sc4c3)n2-c2ccccc2)cc1C. The van der Waals surface area contributed by atoms with E-state index in [-0.39, 0.29) is 29.9 Å². The van der Waals surface area contributed by atoms with Gasteiger partial charge in [0.05, 0.1) is 21.7 Å². The number of fused-ring (bicyclic) bond motifs is 1. The van der Waals surface area contributed by atoms with E-state index in [1.54, 1.807) is 0 Å². The lowest BCUT2D eigenvalue weighted by Gasteiger charge is -2.12. The minimum atomic E-state index is -0.169. The molecule has 4 aromatic carbocycles. The molecule has 0 saturated heterocycles. The van der Waals surface area contributed by atoms with E-state index < -0.39 is 0 Å². The van der Waals surface area contributed by atoms with Crippen LogP contribution in [0.3, 0.4) is 0 Å². The molecule has 0 fully saturated rings. The topological polar surface area (TPSA) is 111 Å². The average Bonchev–Trinajstić information content (AvgIpc) is 3.69. The largest absolute Gasteiger partial charge is 0.486 e. The molecule has 244 valence electrons. The second-order valence-electron chi connectivity index (χ2n) is 11.2. The Kier molecular flexibility index (Phi) is 10.4. The van der Waals surface area contributed by atoms with Gasteiger partial charge >= 0.3 is 0 Å². The Labute approximate surface area is 291 Å². The number of aryl methyl sites for hydroxylation is 3. The first kappa shape index (κ1) is 33.3. The van der Waals surface area contributed by atoms with E-state index in [9.17, 15) is 9.59 Å². The molecular formula is C36H34N6O3S3. The molecule has 2 heterocycles. The van der Waals surface area contributed by atoms with Crippen molar-refractivity contribution >= 4 is 68.3 Å². The van der Waals surface area contributed by atoms with Crippen molar-refractivity contribution in [1.29, 1.82) is 0 Å². The van der Waals surface area contributed by atoms with Gasteiger partial charge < -0.3 is 15.4 Å². The number of nitrogens with zero attached hydrogens (tertiary/aromatic N) is 4. The van der Waals surface area contributed by atoms with Crippen LogP contribution in [0.15, 0.2) is 94.4 Å². The third-order valence-electron chi connectivity index (χ3n) is 7.75. The Morgan fingerprint density at radius 1 is 0.792 bits per heavy atom. The summed E-state index contributed by atoms with van der Waals surface area (Å²) < 4.78 is 9.70. The number of rotatable bonds is 12. The highest BCUT2D eigenvalue weighted by molar-refractivity contribution is 8.01. The van der Waals surface area contributed by atoms with Crippen molar-refractivity contribution in [1.82, 2.24) is 19.7 Å². The third kappa shape index (κ3) is 8.07. The van der Waals surface area contributed by atoms with Gasteiger partial charge in [0.25, 0.3) is 0 Å². The second-order valence-corrected chi connectivity index (χ2v) is 14.4. The van der Waals surface area contributed by atoms with Gasteiger partial charge in [0.2, 0.25) is 11.8 Å². The summed E-state index contributed by atoms with van der Waals surface area (Å²) in [4.78, 5) is 30.3. The maximum atomic E-state index is 13.0. The predicted molar refractivity (Wildman–Crippen MR) is 196 cm³/mol. The van der Waals surface area contributed by atoms with Crippen molar-refractivity contribution in [3.63, 3.8) is 0 Å². The van der Waals surface area contributed by atoms with E-state index in [2.05, 4.69) is 39.7 Å². The standard InChI is InChI=1S/C36H34N6O3S3/c1-22-13-15-28(17-24(22)3)45-19-32-40-41-35(42(32)27-10-6-5-7-11-27)46-20-33(43)37-26-14-16-30-31(18-26)48-36(39-30)47-21-34(44)38-29-12-8-9-23(2)25(29)4/h5-18H,19-21H2,1-4H3,(H,37,43)(H,38,44). The van der Waals surface area contributed by atoms with Crippen LogP contribution in [0.2, 0.25) is 0 Å². The fraction of sp³-hybridized carbons (Fsp3) is 0.194. The molecule has 6 rings (SSSR count). The lowest BCUT2D eigenvalue weighted by Crippen LogP contribution is -2.15. The number of hydrogen-bond donors (Lipinski definition) is 2. The number of thiazole rings is 1. The maximum absolute atomic E-state index is 13.0. The molecule has 0 bridgehead atoms. The number of thioether (sulfide) groups is 2. The van der Waals surface area contributed by atoms with Crippen LogP contribution in [0.1, 0.15) is 28.1 Å². The second kappa shape index (κ2) is 15.1. The van der Waals surface area contributed by atoms with Crippen LogP contribution in [0.5, 0.6) is 5.75 Å². The molecule has 0 aliphatic carbocycles. The molecule has 0 spiro atoms. The van der Waals surface area contributed by atoms with Gasteiger partial charge in [-0.05, 0) is 98.5 Å².